The summed E-state index contributed by atoms with van der Waals surface area (Å²) in [7, 11) is 0. The number of hydrogen-bond acceptors (Lipinski definition) is 1. The molecular weight excluding hydrogens is 446 g/mol. The summed E-state index contributed by atoms with van der Waals surface area (Å²) in [5.74, 6) is 0. The molecule has 0 saturated carbocycles. The number of hydrogen-bond donors (Lipinski definition) is 0. The third kappa shape index (κ3) is 3.30. The van der Waals surface area contributed by atoms with Crippen LogP contribution in [0.4, 0.5) is 11.4 Å². The maximum atomic E-state index is 2.47. The molecule has 4 aromatic carbocycles. The fraction of sp³-hybridized carbons (Fsp3) is 0.167. The summed E-state index contributed by atoms with van der Waals surface area (Å²) in [5.41, 5.74) is 13.5. The van der Waals surface area contributed by atoms with E-state index in [1.807, 2.05) is 0 Å². The quantitative estimate of drug-likeness (QED) is 0.283. The standard InChI is InChI=1S/C36H31N/c1-25-15-21-32-33-22-16-26(2)31-14-9-23-36(35(31)33,34(32)24-25)27-17-19-30(20-18-27)37(28-10-5-3-6-11-28)29-12-7-4-8-13-29/h3-12,14-22,24,29H,13,23H2,1-2H3. The van der Waals surface area contributed by atoms with E-state index in [4.69, 9.17) is 0 Å². The van der Waals surface area contributed by atoms with Crippen LogP contribution in [0.1, 0.15) is 46.2 Å². The second kappa shape index (κ2) is 8.49. The van der Waals surface area contributed by atoms with Crippen molar-refractivity contribution in [2.75, 3.05) is 4.90 Å². The fourth-order valence-electron chi connectivity index (χ4n) is 6.77. The lowest BCUT2D eigenvalue weighted by molar-refractivity contribution is 0.637. The molecule has 1 nitrogen and oxygen atoms in total. The van der Waals surface area contributed by atoms with Gasteiger partial charge in [-0.3, -0.25) is 0 Å². The summed E-state index contributed by atoms with van der Waals surface area (Å²) in [6.07, 6.45) is 15.6. The molecule has 0 aromatic heterocycles. The van der Waals surface area contributed by atoms with Gasteiger partial charge in [0.1, 0.15) is 0 Å². The molecule has 2 unspecified atom stereocenters. The molecule has 0 saturated heterocycles. The van der Waals surface area contributed by atoms with Crippen LogP contribution in [0.5, 0.6) is 0 Å². The van der Waals surface area contributed by atoms with E-state index in [0.717, 1.165) is 12.8 Å². The minimum atomic E-state index is -0.142. The Morgan fingerprint density at radius 3 is 2.32 bits per heavy atom. The van der Waals surface area contributed by atoms with Crippen molar-refractivity contribution in [2.45, 2.75) is 38.1 Å². The summed E-state index contributed by atoms with van der Waals surface area (Å²) < 4.78 is 0. The maximum Gasteiger partial charge on any atom is 0.0559 e. The Kier molecular flexibility index (Phi) is 5.08. The van der Waals surface area contributed by atoms with Gasteiger partial charge >= 0.3 is 0 Å². The molecule has 180 valence electrons. The van der Waals surface area contributed by atoms with Crippen LogP contribution in [0.3, 0.4) is 0 Å². The highest BCUT2D eigenvalue weighted by Gasteiger charge is 2.46. The van der Waals surface area contributed by atoms with Crippen LogP contribution < -0.4 is 4.90 Å². The zero-order chi connectivity index (χ0) is 25.0. The molecular formula is C36H31N. The molecule has 0 heterocycles. The van der Waals surface area contributed by atoms with Crippen LogP contribution in [-0.2, 0) is 5.41 Å². The zero-order valence-corrected chi connectivity index (χ0v) is 21.5. The lowest BCUT2D eigenvalue weighted by Gasteiger charge is -2.37. The minimum absolute atomic E-state index is 0.142. The molecule has 0 radical (unpaired) electrons. The Morgan fingerprint density at radius 1 is 0.757 bits per heavy atom. The third-order valence-corrected chi connectivity index (χ3v) is 8.49. The first-order valence-electron chi connectivity index (χ1n) is 13.4. The maximum absolute atomic E-state index is 2.47. The summed E-state index contributed by atoms with van der Waals surface area (Å²) in [6.45, 7) is 4.46. The van der Waals surface area contributed by atoms with Crippen molar-refractivity contribution in [1.29, 1.82) is 0 Å². The molecule has 4 aromatic rings. The van der Waals surface area contributed by atoms with Gasteiger partial charge < -0.3 is 4.90 Å². The summed E-state index contributed by atoms with van der Waals surface area (Å²) in [6, 6.07) is 32.2. The normalized spacial score (nSPS) is 20.5. The molecule has 0 aliphatic heterocycles. The number of aryl methyl sites for hydroxylation is 2. The van der Waals surface area contributed by atoms with E-state index in [2.05, 4.69) is 140 Å². The van der Waals surface area contributed by atoms with E-state index in [1.165, 1.54) is 55.9 Å². The molecule has 0 amide bonds. The summed E-state index contributed by atoms with van der Waals surface area (Å²) in [5, 5.41) is 0. The first-order chi connectivity index (χ1) is 18.2. The Hall–Kier alpha value is -4.10. The van der Waals surface area contributed by atoms with Crippen LogP contribution in [-0.4, -0.2) is 6.04 Å². The molecule has 3 aliphatic rings. The van der Waals surface area contributed by atoms with Gasteiger partial charge in [-0.05, 0) is 89.9 Å². The minimum Gasteiger partial charge on any atom is -0.334 e. The third-order valence-electron chi connectivity index (χ3n) is 8.49. The van der Waals surface area contributed by atoms with E-state index in [-0.39, 0.29) is 5.41 Å². The number of allylic oxidation sites excluding steroid dienone is 3. The second-order valence-electron chi connectivity index (χ2n) is 10.6. The fourth-order valence-corrected chi connectivity index (χ4v) is 6.77. The van der Waals surface area contributed by atoms with Gasteiger partial charge in [0, 0.05) is 11.4 Å². The second-order valence-corrected chi connectivity index (χ2v) is 10.6. The van der Waals surface area contributed by atoms with Crippen LogP contribution in [0.15, 0.2) is 115 Å². The van der Waals surface area contributed by atoms with Crippen molar-refractivity contribution in [3.05, 3.63) is 149 Å². The number of rotatable bonds is 4. The number of para-hydroxylation sites is 1. The van der Waals surface area contributed by atoms with Crippen LogP contribution in [0, 0.1) is 13.8 Å². The van der Waals surface area contributed by atoms with E-state index in [9.17, 15) is 0 Å². The van der Waals surface area contributed by atoms with E-state index >= 15 is 0 Å². The first-order valence-corrected chi connectivity index (χ1v) is 13.4. The Balaban J connectivity index is 1.39. The summed E-state index contributed by atoms with van der Waals surface area (Å²) >= 11 is 0. The van der Waals surface area contributed by atoms with Crippen LogP contribution in [0.2, 0.25) is 0 Å². The molecule has 0 N–H and O–H groups in total. The van der Waals surface area contributed by atoms with Crippen LogP contribution >= 0.6 is 0 Å². The lowest BCUT2D eigenvalue weighted by Crippen LogP contribution is -2.31. The van der Waals surface area contributed by atoms with Crippen molar-refractivity contribution in [2.24, 2.45) is 0 Å². The van der Waals surface area contributed by atoms with E-state index in [0.29, 0.717) is 6.04 Å². The highest BCUT2D eigenvalue weighted by Crippen LogP contribution is 2.58. The highest BCUT2D eigenvalue weighted by molar-refractivity contribution is 5.89. The van der Waals surface area contributed by atoms with Crippen molar-refractivity contribution in [3.63, 3.8) is 0 Å². The first kappa shape index (κ1) is 22.1. The van der Waals surface area contributed by atoms with Gasteiger partial charge in [0.2, 0.25) is 0 Å². The molecule has 37 heavy (non-hydrogen) atoms. The summed E-state index contributed by atoms with van der Waals surface area (Å²) in [4.78, 5) is 2.47. The van der Waals surface area contributed by atoms with Crippen molar-refractivity contribution < 1.29 is 0 Å². The van der Waals surface area contributed by atoms with Crippen molar-refractivity contribution >= 4 is 17.5 Å². The van der Waals surface area contributed by atoms with E-state index < -0.39 is 0 Å². The lowest BCUT2D eigenvalue weighted by atomic mass is 9.66. The van der Waals surface area contributed by atoms with Gasteiger partial charge in [-0.25, -0.2) is 0 Å². The largest absolute Gasteiger partial charge is 0.334 e. The van der Waals surface area contributed by atoms with Gasteiger partial charge in [-0.15, -0.1) is 0 Å². The van der Waals surface area contributed by atoms with Gasteiger partial charge in [0.25, 0.3) is 0 Å². The molecule has 7 rings (SSSR count). The number of anilines is 2. The van der Waals surface area contributed by atoms with Gasteiger partial charge in [-0.1, -0.05) is 103 Å². The molecule has 0 spiro atoms. The topological polar surface area (TPSA) is 3.24 Å². The number of nitrogens with zero attached hydrogens (tertiary/aromatic N) is 1. The monoisotopic (exact) mass is 477 g/mol. The number of fused-ring (bicyclic) bond motifs is 3. The predicted molar refractivity (Wildman–Crippen MR) is 157 cm³/mol. The van der Waals surface area contributed by atoms with Crippen molar-refractivity contribution in [1.82, 2.24) is 0 Å². The Morgan fingerprint density at radius 2 is 1.54 bits per heavy atom. The Bertz CT molecular complexity index is 1590. The zero-order valence-electron chi connectivity index (χ0n) is 21.5. The Labute approximate surface area is 220 Å². The average molecular weight is 478 g/mol. The predicted octanol–water partition coefficient (Wildman–Crippen LogP) is 9.06. The molecule has 1 heteroatoms. The highest BCUT2D eigenvalue weighted by atomic mass is 15.2. The molecule has 0 bridgehead atoms. The molecule has 0 fully saturated rings. The smallest absolute Gasteiger partial charge is 0.0559 e. The van der Waals surface area contributed by atoms with Gasteiger partial charge in [0.15, 0.2) is 0 Å². The SMILES string of the molecule is Cc1ccc2c(c1)C1(c3ccc(N(c4ccccc4)C4C=CC=CC4)cc3)CC=Cc3c(C)ccc-2c31. The average Bonchev–Trinajstić information content (AvgIpc) is 3.23. The van der Waals surface area contributed by atoms with Gasteiger partial charge in [-0.2, -0.15) is 0 Å². The molecule has 2 atom stereocenters. The number of benzene rings is 4. The van der Waals surface area contributed by atoms with E-state index in [1.54, 1.807) is 0 Å². The van der Waals surface area contributed by atoms with Gasteiger partial charge in [0.05, 0.1) is 11.5 Å². The van der Waals surface area contributed by atoms with Crippen molar-refractivity contribution in [3.8, 4) is 11.1 Å². The molecule has 3 aliphatic carbocycles. The van der Waals surface area contributed by atoms with Crippen LogP contribution in [0.25, 0.3) is 17.2 Å².